The van der Waals surface area contributed by atoms with Crippen molar-refractivity contribution < 1.29 is 9.85 Å². The zero-order valence-corrected chi connectivity index (χ0v) is 9.97. The Hall–Kier alpha value is -1.98. The molecule has 0 radical (unpaired) electrons. The first-order valence-electron chi connectivity index (χ1n) is 5.31. The average molecular weight is 238 g/mol. The molecule has 0 aliphatic carbocycles. The number of hydrogen-bond donors (Lipinski definition) is 0. The third-order valence-corrected chi connectivity index (χ3v) is 2.95. The quantitative estimate of drug-likeness (QED) is 0.594. The Labute approximate surface area is 98.6 Å². The number of nitro benzene ring substituents is 2. The summed E-state index contributed by atoms with van der Waals surface area (Å²) >= 11 is 0. The Bertz CT molecular complexity index is 436. The molecule has 1 rings (SSSR count). The van der Waals surface area contributed by atoms with Crippen LogP contribution in [0.2, 0.25) is 0 Å². The first kappa shape index (κ1) is 13.1. The van der Waals surface area contributed by atoms with Crippen LogP contribution >= 0.6 is 0 Å². The van der Waals surface area contributed by atoms with Gasteiger partial charge >= 0.3 is 0 Å². The van der Waals surface area contributed by atoms with E-state index in [0.717, 1.165) is 6.42 Å². The van der Waals surface area contributed by atoms with E-state index in [9.17, 15) is 20.2 Å². The zero-order chi connectivity index (χ0) is 13.2. The van der Waals surface area contributed by atoms with Crippen LogP contribution in [0.15, 0.2) is 12.1 Å². The third kappa shape index (κ3) is 2.58. The van der Waals surface area contributed by atoms with Crippen LogP contribution in [0, 0.1) is 27.2 Å². The summed E-state index contributed by atoms with van der Waals surface area (Å²) in [5, 5.41) is 21.7. The topological polar surface area (TPSA) is 86.3 Å². The van der Waals surface area contributed by atoms with Crippen molar-refractivity contribution in [2.75, 3.05) is 0 Å². The average Bonchev–Trinajstić information content (AvgIpc) is 2.27. The molecular weight excluding hydrogens is 224 g/mol. The lowest BCUT2D eigenvalue weighted by Gasteiger charge is -2.09. The van der Waals surface area contributed by atoms with Crippen LogP contribution in [0.1, 0.15) is 37.3 Å². The van der Waals surface area contributed by atoms with Gasteiger partial charge in [-0.3, -0.25) is 20.2 Å². The highest BCUT2D eigenvalue weighted by molar-refractivity contribution is 5.56. The number of nitrogens with zero attached hydrogens (tertiary/aromatic N) is 2. The third-order valence-electron chi connectivity index (χ3n) is 2.95. The molecule has 0 saturated heterocycles. The van der Waals surface area contributed by atoms with Crippen LogP contribution in [0.3, 0.4) is 0 Å². The van der Waals surface area contributed by atoms with Gasteiger partial charge in [0.05, 0.1) is 9.85 Å². The van der Waals surface area contributed by atoms with E-state index in [1.807, 2.05) is 13.8 Å². The van der Waals surface area contributed by atoms with Crippen molar-refractivity contribution in [2.24, 2.45) is 0 Å². The summed E-state index contributed by atoms with van der Waals surface area (Å²) in [6.45, 7) is 5.22. The Morgan fingerprint density at radius 1 is 1.18 bits per heavy atom. The first-order chi connectivity index (χ1) is 7.88. The van der Waals surface area contributed by atoms with Gasteiger partial charge in [-0.1, -0.05) is 13.8 Å². The van der Waals surface area contributed by atoms with Crippen LogP contribution in [0.5, 0.6) is 0 Å². The summed E-state index contributed by atoms with van der Waals surface area (Å²) in [7, 11) is 0. The molecular formula is C11H14N2O4. The van der Waals surface area contributed by atoms with E-state index >= 15 is 0 Å². The molecule has 0 saturated carbocycles. The Morgan fingerprint density at radius 3 is 1.88 bits per heavy atom. The number of nitro groups is 2. The van der Waals surface area contributed by atoms with E-state index in [4.69, 9.17) is 0 Å². The fourth-order valence-electron chi connectivity index (χ4n) is 1.60. The Kier molecular flexibility index (Phi) is 3.77. The van der Waals surface area contributed by atoms with Crippen molar-refractivity contribution in [2.45, 2.75) is 33.1 Å². The normalized spacial score (nSPS) is 12.2. The molecule has 1 aromatic carbocycles. The maximum absolute atomic E-state index is 10.8. The van der Waals surface area contributed by atoms with Gasteiger partial charge in [-0.05, 0) is 24.8 Å². The zero-order valence-electron chi connectivity index (χ0n) is 9.97. The molecule has 0 aliphatic heterocycles. The van der Waals surface area contributed by atoms with Gasteiger partial charge < -0.3 is 0 Å². The SMILES string of the molecule is CCC(C)c1cc([N+](=O)[O-])c(C)c([N+](=O)[O-])c1. The molecule has 92 valence electrons. The molecule has 0 heterocycles. The molecule has 1 unspecified atom stereocenters. The van der Waals surface area contributed by atoms with E-state index in [2.05, 4.69) is 0 Å². The number of benzene rings is 1. The summed E-state index contributed by atoms with van der Waals surface area (Å²) in [5.74, 6) is 0.0630. The predicted octanol–water partition coefficient (Wildman–Crippen LogP) is 3.32. The van der Waals surface area contributed by atoms with Crippen molar-refractivity contribution >= 4 is 11.4 Å². The predicted molar refractivity (Wildman–Crippen MR) is 63.2 cm³/mol. The molecule has 1 aromatic rings. The van der Waals surface area contributed by atoms with Gasteiger partial charge in [-0.25, -0.2) is 0 Å². The number of rotatable bonds is 4. The number of hydrogen-bond acceptors (Lipinski definition) is 4. The standard InChI is InChI=1S/C11H14N2O4/c1-4-7(2)9-5-10(12(14)15)8(3)11(6-9)13(16)17/h5-7H,4H2,1-3H3. The molecule has 0 fully saturated rings. The van der Waals surface area contributed by atoms with Crippen LogP contribution in [0.25, 0.3) is 0 Å². The van der Waals surface area contributed by atoms with E-state index in [0.29, 0.717) is 5.56 Å². The molecule has 0 aromatic heterocycles. The molecule has 17 heavy (non-hydrogen) atoms. The second-order valence-electron chi connectivity index (χ2n) is 4.01. The summed E-state index contributed by atoms with van der Waals surface area (Å²) < 4.78 is 0. The van der Waals surface area contributed by atoms with Crippen molar-refractivity contribution in [1.82, 2.24) is 0 Å². The highest BCUT2D eigenvalue weighted by atomic mass is 16.6. The van der Waals surface area contributed by atoms with Crippen LogP contribution in [-0.2, 0) is 0 Å². The van der Waals surface area contributed by atoms with Crippen molar-refractivity contribution in [1.29, 1.82) is 0 Å². The lowest BCUT2D eigenvalue weighted by atomic mass is 9.96. The first-order valence-corrected chi connectivity index (χ1v) is 5.31. The largest absolute Gasteiger partial charge is 0.279 e. The smallest absolute Gasteiger partial charge is 0.258 e. The van der Waals surface area contributed by atoms with Crippen molar-refractivity contribution in [3.63, 3.8) is 0 Å². The molecule has 0 aliphatic rings. The molecule has 0 spiro atoms. The van der Waals surface area contributed by atoms with E-state index < -0.39 is 9.85 Å². The minimum Gasteiger partial charge on any atom is -0.258 e. The fourth-order valence-corrected chi connectivity index (χ4v) is 1.60. The second-order valence-corrected chi connectivity index (χ2v) is 4.01. The Balaban J connectivity index is 3.47. The minimum absolute atomic E-state index is 0.0630. The van der Waals surface area contributed by atoms with Crippen LogP contribution < -0.4 is 0 Å². The Morgan fingerprint density at radius 2 is 1.59 bits per heavy atom. The fraction of sp³-hybridized carbons (Fsp3) is 0.455. The summed E-state index contributed by atoms with van der Waals surface area (Å²) in [6, 6.07) is 2.85. The van der Waals surface area contributed by atoms with E-state index in [1.54, 1.807) is 0 Å². The van der Waals surface area contributed by atoms with Gasteiger partial charge in [0, 0.05) is 12.1 Å². The molecule has 6 heteroatoms. The van der Waals surface area contributed by atoms with Crippen LogP contribution in [-0.4, -0.2) is 9.85 Å². The maximum Gasteiger partial charge on any atom is 0.279 e. The minimum atomic E-state index is -0.575. The summed E-state index contributed by atoms with van der Waals surface area (Å²) in [5.41, 5.74) is 0.368. The van der Waals surface area contributed by atoms with E-state index in [1.165, 1.54) is 19.1 Å². The highest BCUT2D eigenvalue weighted by Gasteiger charge is 2.24. The van der Waals surface area contributed by atoms with Gasteiger partial charge in [-0.15, -0.1) is 0 Å². The lowest BCUT2D eigenvalue weighted by molar-refractivity contribution is -0.395. The second kappa shape index (κ2) is 4.90. The molecule has 0 amide bonds. The molecule has 0 N–H and O–H groups in total. The summed E-state index contributed by atoms with van der Waals surface area (Å²) in [6.07, 6.45) is 0.775. The van der Waals surface area contributed by atoms with Gasteiger partial charge in [0.2, 0.25) is 0 Å². The molecule has 6 nitrogen and oxygen atoms in total. The molecule has 0 bridgehead atoms. The van der Waals surface area contributed by atoms with Crippen molar-refractivity contribution in [3.05, 3.63) is 43.5 Å². The monoisotopic (exact) mass is 238 g/mol. The molecule has 1 atom stereocenters. The van der Waals surface area contributed by atoms with Gasteiger partial charge in [-0.2, -0.15) is 0 Å². The van der Waals surface area contributed by atoms with E-state index in [-0.39, 0.29) is 22.9 Å². The van der Waals surface area contributed by atoms with Gasteiger partial charge in [0.15, 0.2) is 0 Å². The lowest BCUT2D eigenvalue weighted by Crippen LogP contribution is -2.01. The van der Waals surface area contributed by atoms with Crippen LogP contribution in [0.4, 0.5) is 11.4 Å². The van der Waals surface area contributed by atoms with Gasteiger partial charge in [0.1, 0.15) is 5.56 Å². The van der Waals surface area contributed by atoms with Crippen molar-refractivity contribution in [3.8, 4) is 0 Å². The highest BCUT2D eigenvalue weighted by Crippen LogP contribution is 2.33. The van der Waals surface area contributed by atoms with Gasteiger partial charge in [0.25, 0.3) is 11.4 Å². The maximum atomic E-state index is 10.8. The summed E-state index contributed by atoms with van der Waals surface area (Å²) in [4.78, 5) is 20.5.